The fourth-order valence-corrected chi connectivity index (χ4v) is 2.46. The Morgan fingerprint density at radius 3 is 2.74 bits per heavy atom. The number of ether oxygens (including phenoxy) is 1. The van der Waals surface area contributed by atoms with Crippen molar-refractivity contribution in [3.63, 3.8) is 0 Å². The Morgan fingerprint density at radius 2 is 2.05 bits per heavy atom. The number of nitriles is 1. The van der Waals surface area contributed by atoms with E-state index in [1.165, 1.54) is 0 Å². The summed E-state index contributed by atoms with van der Waals surface area (Å²) in [7, 11) is 0. The minimum atomic E-state index is 0.562. The monoisotopic (exact) mass is 270 g/mol. The molecule has 2 aromatic rings. The van der Waals surface area contributed by atoms with E-state index in [4.69, 9.17) is 10.5 Å². The number of benzene rings is 2. The van der Waals surface area contributed by atoms with Crippen LogP contribution in [0.2, 0.25) is 0 Å². The van der Waals surface area contributed by atoms with Gasteiger partial charge in [-0.3, -0.25) is 0 Å². The second-order valence-corrected chi connectivity index (χ2v) is 5.15. The van der Waals surface area contributed by atoms with Gasteiger partial charge in [-0.15, -0.1) is 11.8 Å². The predicted octanol–water partition coefficient (Wildman–Crippen LogP) is 4.04. The average Bonchev–Trinajstić information content (AvgIpc) is 2.39. The molecule has 0 saturated heterocycles. The van der Waals surface area contributed by atoms with Gasteiger partial charge in [0.05, 0.1) is 0 Å². The summed E-state index contributed by atoms with van der Waals surface area (Å²) < 4.78 is 5.75. The standard InChI is InChI=1S/C15H14N2OS/c1-2-19-15-8-4-7-14(13(15)10-16)18-12-6-3-5-11(17)9-12/h3-9H,2,17H2,1H3. The number of anilines is 1. The van der Waals surface area contributed by atoms with E-state index in [-0.39, 0.29) is 0 Å². The van der Waals surface area contributed by atoms with Crippen molar-refractivity contribution in [3.8, 4) is 17.6 Å². The molecule has 3 nitrogen and oxygen atoms in total. The molecule has 0 amide bonds. The predicted molar refractivity (Wildman–Crippen MR) is 78.5 cm³/mol. The van der Waals surface area contributed by atoms with Crippen molar-refractivity contribution in [2.75, 3.05) is 11.5 Å². The minimum absolute atomic E-state index is 0.562. The molecule has 0 aliphatic rings. The minimum Gasteiger partial charge on any atom is -0.456 e. The number of nitrogens with two attached hydrogens (primary N) is 1. The molecule has 2 aromatic carbocycles. The zero-order valence-electron chi connectivity index (χ0n) is 10.6. The highest BCUT2D eigenvalue weighted by molar-refractivity contribution is 7.99. The lowest BCUT2D eigenvalue weighted by Crippen LogP contribution is -1.92. The van der Waals surface area contributed by atoms with Crippen LogP contribution in [-0.2, 0) is 0 Å². The van der Waals surface area contributed by atoms with Crippen molar-refractivity contribution in [1.82, 2.24) is 0 Å². The molecule has 2 N–H and O–H groups in total. The van der Waals surface area contributed by atoms with Crippen molar-refractivity contribution in [2.45, 2.75) is 11.8 Å². The molecule has 0 unspecified atom stereocenters. The van der Waals surface area contributed by atoms with E-state index in [1.54, 1.807) is 30.0 Å². The molecular weight excluding hydrogens is 256 g/mol. The highest BCUT2D eigenvalue weighted by atomic mass is 32.2. The van der Waals surface area contributed by atoms with Gasteiger partial charge in [0.2, 0.25) is 0 Å². The van der Waals surface area contributed by atoms with E-state index in [0.29, 0.717) is 22.7 Å². The molecule has 19 heavy (non-hydrogen) atoms. The van der Waals surface area contributed by atoms with E-state index in [2.05, 4.69) is 13.0 Å². The largest absolute Gasteiger partial charge is 0.456 e. The second-order valence-electron chi connectivity index (χ2n) is 3.85. The third-order valence-corrected chi connectivity index (χ3v) is 3.43. The van der Waals surface area contributed by atoms with Crippen LogP contribution in [0.4, 0.5) is 5.69 Å². The van der Waals surface area contributed by atoms with E-state index < -0.39 is 0 Å². The lowest BCUT2D eigenvalue weighted by atomic mass is 10.2. The number of nitrogen functional groups attached to an aromatic ring is 1. The summed E-state index contributed by atoms with van der Waals surface area (Å²) >= 11 is 1.63. The molecule has 0 aliphatic carbocycles. The van der Waals surface area contributed by atoms with Crippen molar-refractivity contribution in [2.24, 2.45) is 0 Å². The summed E-state index contributed by atoms with van der Waals surface area (Å²) in [6.07, 6.45) is 0. The Labute approximate surface area is 117 Å². The maximum Gasteiger partial charge on any atom is 0.146 e. The van der Waals surface area contributed by atoms with Gasteiger partial charge in [0, 0.05) is 16.6 Å². The van der Waals surface area contributed by atoms with Crippen molar-refractivity contribution in [3.05, 3.63) is 48.0 Å². The molecule has 2 rings (SSSR count). The third-order valence-electron chi connectivity index (χ3n) is 2.49. The van der Waals surface area contributed by atoms with Gasteiger partial charge in [-0.1, -0.05) is 19.1 Å². The normalized spacial score (nSPS) is 9.89. The smallest absolute Gasteiger partial charge is 0.146 e. The van der Waals surface area contributed by atoms with E-state index in [0.717, 1.165) is 10.6 Å². The Balaban J connectivity index is 2.35. The van der Waals surface area contributed by atoms with Gasteiger partial charge in [-0.05, 0) is 30.0 Å². The third kappa shape index (κ3) is 3.21. The van der Waals surface area contributed by atoms with Gasteiger partial charge in [-0.25, -0.2) is 0 Å². The van der Waals surface area contributed by atoms with Crippen molar-refractivity contribution >= 4 is 17.4 Å². The summed E-state index contributed by atoms with van der Waals surface area (Å²) in [5.41, 5.74) is 6.91. The Kier molecular flexibility index (Phi) is 4.32. The SMILES string of the molecule is CCSc1cccc(Oc2cccc(N)c2)c1C#N. The lowest BCUT2D eigenvalue weighted by molar-refractivity contribution is 0.480. The summed E-state index contributed by atoms with van der Waals surface area (Å²) in [5, 5.41) is 9.29. The topological polar surface area (TPSA) is 59.0 Å². The van der Waals surface area contributed by atoms with Crippen molar-refractivity contribution < 1.29 is 4.74 Å². The quantitative estimate of drug-likeness (QED) is 0.672. The first kappa shape index (κ1) is 13.3. The van der Waals surface area contributed by atoms with Gasteiger partial charge in [0.1, 0.15) is 23.1 Å². The second kappa shape index (κ2) is 6.17. The number of hydrogen-bond donors (Lipinski definition) is 1. The molecule has 0 spiro atoms. The maximum atomic E-state index is 9.29. The van der Waals surface area contributed by atoms with Gasteiger partial charge in [0.15, 0.2) is 0 Å². The first-order valence-corrected chi connectivity index (χ1v) is 6.92. The molecule has 0 aromatic heterocycles. The number of rotatable bonds is 4. The lowest BCUT2D eigenvalue weighted by Gasteiger charge is -2.10. The van der Waals surface area contributed by atoms with Gasteiger partial charge in [0.25, 0.3) is 0 Å². The highest BCUT2D eigenvalue weighted by Gasteiger charge is 2.10. The van der Waals surface area contributed by atoms with Gasteiger partial charge in [-0.2, -0.15) is 5.26 Å². The van der Waals surface area contributed by atoms with Crippen LogP contribution < -0.4 is 10.5 Å². The first-order valence-electron chi connectivity index (χ1n) is 5.94. The summed E-state index contributed by atoms with van der Waals surface area (Å²) in [5.74, 6) is 2.11. The van der Waals surface area contributed by atoms with E-state index in [9.17, 15) is 5.26 Å². The van der Waals surface area contributed by atoms with Crippen molar-refractivity contribution in [1.29, 1.82) is 5.26 Å². The average molecular weight is 270 g/mol. The maximum absolute atomic E-state index is 9.29. The van der Waals surface area contributed by atoms with Crippen LogP contribution in [0.5, 0.6) is 11.5 Å². The summed E-state index contributed by atoms with van der Waals surface area (Å²) in [6, 6.07) is 15.0. The summed E-state index contributed by atoms with van der Waals surface area (Å²) in [4.78, 5) is 0.936. The number of nitrogens with zero attached hydrogens (tertiary/aromatic N) is 1. The molecule has 0 heterocycles. The zero-order chi connectivity index (χ0) is 13.7. The molecule has 96 valence electrons. The van der Waals surface area contributed by atoms with Crippen LogP contribution >= 0.6 is 11.8 Å². The Morgan fingerprint density at radius 1 is 1.26 bits per heavy atom. The Bertz CT molecular complexity index is 620. The van der Waals surface area contributed by atoms with Crippen LogP contribution in [0, 0.1) is 11.3 Å². The fourth-order valence-electron chi connectivity index (χ4n) is 1.69. The van der Waals surface area contributed by atoms with Crippen LogP contribution in [0.25, 0.3) is 0 Å². The molecule has 0 aliphatic heterocycles. The van der Waals surface area contributed by atoms with Crippen LogP contribution in [0.1, 0.15) is 12.5 Å². The Hall–Kier alpha value is -2.12. The van der Waals surface area contributed by atoms with Crippen LogP contribution in [-0.4, -0.2) is 5.75 Å². The number of hydrogen-bond acceptors (Lipinski definition) is 4. The molecule has 0 atom stereocenters. The molecule has 0 bridgehead atoms. The first-order chi connectivity index (χ1) is 9.24. The fraction of sp³-hybridized carbons (Fsp3) is 0.133. The van der Waals surface area contributed by atoms with Gasteiger partial charge >= 0.3 is 0 Å². The molecule has 0 radical (unpaired) electrons. The molecular formula is C15H14N2OS. The van der Waals surface area contributed by atoms with Crippen LogP contribution in [0.15, 0.2) is 47.4 Å². The van der Waals surface area contributed by atoms with E-state index >= 15 is 0 Å². The van der Waals surface area contributed by atoms with E-state index in [1.807, 2.05) is 24.3 Å². The molecule has 0 saturated carbocycles. The number of thioether (sulfide) groups is 1. The molecule has 4 heteroatoms. The van der Waals surface area contributed by atoms with Crippen LogP contribution in [0.3, 0.4) is 0 Å². The molecule has 0 fully saturated rings. The summed E-state index contributed by atoms with van der Waals surface area (Å²) in [6.45, 7) is 2.05. The highest BCUT2D eigenvalue weighted by Crippen LogP contribution is 2.32. The zero-order valence-corrected chi connectivity index (χ0v) is 11.4. The van der Waals surface area contributed by atoms with Gasteiger partial charge < -0.3 is 10.5 Å².